The zero-order valence-corrected chi connectivity index (χ0v) is 11.3. The molecule has 2 rings (SSSR count). The van der Waals surface area contributed by atoms with Crippen LogP contribution in [0.1, 0.15) is 15.2 Å². The van der Waals surface area contributed by atoms with Crippen LogP contribution in [0.15, 0.2) is 29.8 Å². The third-order valence-electron chi connectivity index (χ3n) is 2.49. The van der Waals surface area contributed by atoms with E-state index >= 15 is 0 Å². The second-order valence-electron chi connectivity index (χ2n) is 3.78. The van der Waals surface area contributed by atoms with Crippen molar-refractivity contribution in [2.24, 2.45) is 0 Å². The average Bonchev–Trinajstić information content (AvgIpc) is 2.93. The molecule has 0 saturated heterocycles. The topological polar surface area (TPSA) is 74.4 Å². The number of nitrogens with zero attached hydrogens (tertiary/aromatic N) is 1. The highest BCUT2D eigenvalue weighted by Gasteiger charge is 2.12. The van der Waals surface area contributed by atoms with Crippen molar-refractivity contribution in [2.75, 3.05) is 19.5 Å². The van der Waals surface area contributed by atoms with E-state index in [0.717, 1.165) is 6.42 Å². The van der Waals surface area contributed by atoms with Crippen molar-refractivity contribution in [2.45, 2.75) is 6.42 Å². The Labute approximate surface area is 115 Å². The molecule has 2 aromatic heterocycles. The van der Waals surface area contributed by atoms with E-state index in [1.165, 1.54) is 24.3 Å². The van der Waals surface area contributed by atoms with Crippen LogP contribution in [-0.2, 0) is 11.2 Å². The molecule has 0 unspecified atom stereocenters. The molecule has 2 N–H and O–H groups in total. The first-order valence-electron chi connectivity index (χ1n) is 5.69. The lowest BCUT2D eigenvalue weighted by Crippen LogP contribution is -2.08. The minimum atomic E-state index is -0.497. The van der Waals surface area contributed by atoms with Crippen molar-refractivity contribution in [3.63, 3.8) is 0 Å². The lowest BCUT2D eigenvalue weighted by molar-refractivity contribution is 0.0601. The minimum absolute atomic E-state index is 0.267. The van der Waals surface area contributed by atoms with Gasteiger partial charge in [0, 0.05) is 17.4 Å². The van der Waals surface area contributed by atoms with Crippen LogP contribution in [0.3, 0.4) is 0 Å². The number of anilines is 1. The number of hydrogen-bond donors (Lipinski definition) is 1. The number of nitrogen functional groups attached to an aromatic ring is 1. The fourth-order valence-electron chi connectivity index (χ4n) is 1.52. The number of thiophene rings is 1. The smallest absolute Gasteiger partial charge is 0.340 e. The summed E-state index contributed by atoms with van der Waals surface area (Å²) in [5.41, 5.74) is 6.20. The summed E-state index contributed by atoms with van der Waals surface area (Å²) in [6.07, 6.45) is 2.20. The maximum Gasteiger partial charge on any atom is 0.340 e. The molecule has 0 aromatic carbocycles. The van der Waals surface area contributed by atoms with Gasteiger partial charge in [-0.3, -0.25) is 0 Å². The Balaban J connectivity index is 1.99. The maximum atomic E-state index is 11.5. The van der Waals surface area contributed by atoms with Gasteiger partial charge in [-0.2, -0.15) is 0 Å². The second kappa shape index (κ2) is 6.19. The predicted octanol–water partition coefficient (Wildman–Crippen LogP) is 2.13. The standard InChI is InChI=1S/C13H14N2O3S/c1-17-13(16)10-7-12(15-8-11(10)14)18-5-4-9-3-2-6-19-9/h2-3,6-8H,4-5,14H2,1H3. The maximum absolute atomic E-state index is 11.5. The van der Waals surface area contributed by atoms with Gasteiger partial charge in [0.15, 0.2) is 0 Å². The average molecular weight is 278 g/mol. The van der Waals surface area contributed by atoms with Crippen molar-refractivity contribution in [1.82, 2.24) is 4.98 Å². The van der Waals surface area contributed by atoms with Crippen molar-refractivity contribution in [3.8, 4) is 5.88 Å². The number of hydrogen-bond acceptors (Lipinski definition) is 6. The highest BCUT2D eigenvalue weighted by molar-refractivity contribution is 7.09. The normalized spacial score (nSPS) is 10.2. The molecule has 0 bridgehead atoms. The van der Waals surface area contributed by atoms with Crippen LogP contribution in [0.25, 0.3) is 0 Å². The number of ether oxygens (including phenoxy) is 2. The van der Waals surface area contributed by atoms with Crippen LogP contribution >= 0.6 is 11.3 Å². The van der Waals surface area contributed by atoms with E-state index in [0.29, 0.717) is 12.5 Å². The SMILES string of the molecule is COC(=O)c1cc(OCCc2cccs2)ncc1N. The summed E-state index contributed by atoms with van der Waals surface area (Å²) >= 11 is 1.68. The summed E-state index contributed by atoms with van der Waals surface area (Å²) in [5.74, 6) is -0.130. The third-order valence-corrected chi connectivity index (χ3v) is 3.43. The molecule has 0 aliphatic heterocycles. The van der Waals surface area contributed by atoms with Gasteiger partial charge < -0.3 is 15.2 Å². The number of pyridine rings is 1. The van der Waals surface area contributed by atoms with E-state index in [9.17, 15) is 4.79 Å². The van der Waals surface area contributed by atoms with E-state index in [4.69, 9.17) is 10.5 Å². The Kier molecular flexibility index (Phi) is 4.35. The van der Waals surface area contributed by atoms with Crippen molar-refractivity contribution in [3.05, 3.63) is 40.2 Å². The summed E-state index contributed by atoms with van der Waals surface area (Å²) in [4.78, 5) is 16.7. The van der Waals surface area contributed by atoms with E-state index in [1.807, 2.05) is 17.5 Å². The lowest BCUT2D eigenvalue weighted by Gasteiger charge is -2.07. The first-order valence-corrected chi connectivity index (χ1v) is 6.57. The van der Waals surface area contributed by atoms with E-state index in [2.05, 4.69) is 9.72 Å². The first-order chi connectivity index (χ1) is 9.20. The van der Waals surface area contributed by atoms with Crippen LogP contribution in [0.5, 0.6) is 5.88 Å². The fourth-order valence-corrected chi connectivity index (χ4v) is 2.21. The minimum Gasteiger partial charge on any atom is -0.477 e. The molecule has 0 amide bonds. The molecule has 5 nitrogen and oxygen atoms in total. The van der Waals surface area contributed by atoms with Gasteiger partial charge in [-0.25, -0.2) is 9.78 Å². The number of carbonyl (C=O) groups excluding carboxylic acids is 1. The second-order valence-corrected chi connectivity index (χ2v) is 4.81. The van der Waals surface area contributed by atoms with Crippen LogP contribution < -0.4 is 10.5 Å². The monoisotopic (exact) mass is 278 g/mol. The quantitative estimate of drug-likeness (QED) is 0.848. The third kappa shape index (κ3) is 3.45. The summed E-state index contributed by atoms with van der Waals surface area (Å²) < 4.78 is 10.1. The summed E-state index contributed by atoms with van der Waals surface area (Å²) in [6, 6.07) is 5.54. The zero-order valence-electron chi connectivity index (χ0n) is 10.5. The number of methoxy groups -OCH3 is 1. The van der Waals surface area contributed by atoms with Crippen molar-refractivity contribution in [1.29, 1.82) is 0 Å². The molecule has 0 aliphatic rings. The molecule has 2 heterocycles. The number of nitrogens with two attached hydrogens (primary N) is 1. The molecule has 0 spiro atoms. The predicted molar refractivity (Wildman–Crippen MR) is 73.5 cm³/mol. The van der Waals surface area contributed by atoms with Gasteiger partial charge in [-0.1, -0.05) is 6.07 Å². The van der Waals surface area contributed by atoms with Gasteiger partial charge in [-0.05, 0) is 11.4 Å². The Morgan fingerprint density at radius 2 is 2.37 bits per heavy atom. The highest BCUT2D eigenvalue weighted by atomic mass is 32.1. The van der Waals surface area contributed by atoms with Crippen molar-refractivity contribution < 1.29 is 14.3 Å². The molecule has 100 valence electrons. The molecular formula is C13H14N2O3S. The molecule has 0 radical (unpaired) electrons. The summed E-state index contributed by atoms with van der Waals surface area (Å²) in [7, 11) is 1.31. The molecule has 6 heteroatoms. The van der Waals surface area contributed by atoms with Crippen molar-refractivity contribution >= 4 is 23.0 Å². The summed E-state index contributed by atoms with van der Waals surface area (Å²) in [6.45, 7) is 0.498. The first kappa shape index (κ1) is 13.4. The molecule has 2 aromatic rings. The summed E-state index contributed by atoms with van der Waals surface area (Å²) in [5, 5.41) is 2.02. The molecular weight excluding hydrogens is 264 g/mol. The van der Waals surface area contributed by atoms with Crippen LogP contribution in [-0.4, -0.2) is 24.7 Å². The van der Waals surface area contributed by atoms with Gasteiger partial charge in [-0.15, -0.1) is 11.3 Å². The number of carbonyl (C=O) groups is 1. The number of rotatable bonds is 5. The van der Waals surface area contributed by atoms with E-state index in [1.54, 1.807) is 11.3 Å². The van der Waals surface area contributed by atoms with E-state index in [-0.39, 0.29) is 11.3 Å². The Morgan fingerprint density at radius 3 is 3.05 bits per heavy atom. The highest BCUT2D eigenvalue weighted by Crippen LogP contribution is 2.18. The Hall–Kier alpha value is -2.08. The van der Waals surface area contributed by atoms with Gasteiger partial charge in [0.1, 0.15) is 0 Å². The zero-order chi connectivity index (χ0) is 13.7. The lowest BCUT2D eigenvalue weighted by atomic mass is 10.2. The van der Waals surface area contributed by atoms with Crippen LogP contribution in [0.2, 0.25) is 0 Å². The van der Waals surface area contributed by atoms with Gasteiger partial charge in [0.2, 0.25) is 5.88 Å². The fraction of sp³-hybridized carbons (Fsp3) is 0.231. The van der Waals surface area contributed by atoms with E-state index < -0.39 is 5.97 Å². The van der Waals surface area contributed by atoms with Crippen LogP contribution in [0, 0.1) is 0 Å². The molecule has 0 atom stereocenters. The van der Waals surface area contributed by atoms with Gasteiger partial charge in [0.25, 0.3) is 0 Å². The Bertz CT molecular complexity index is 555. The largest absolute Gasteiger partial charge is 0.477 e. The molecule has 19 heavy (non-hydrogen) atoms. The molecule has 0 saturated carbocycles. The number of esters is 1. The number of aromatic nitrogens is 1. The Morgan fingerprint density at radius 1 is 1.53 bits per heavy atom. The molecule has 0 aliphatic carbocycles. The van der Waals surface area contributed by atoms with Gasteiger partial charge >= 0.3 is 5.97 Å². The molecule has 0 fully saturated rings. The van der Waals surface area contributed by atoms with Crippen LogP contribution in [0.4, 0.5) is 5.69 Å². The van der Waals surface area contributed by atoms with Gasteiger partial charge in [0.05, 0.1) is 31.2 Å².